The highest BCUT2D eigenvalue weighted by Crippen LogP contribution is 2.14. The maximum Gasteiger partial charge on any atom is 0.159 e. The van der Waals surface area contributed by atoms with Crippen LogP contribution in [0.3, 0.4) is 0 Å². The van der Waals surface area contributed by atoms with Crippen LogP contribution >= 0.6 is 0 Å². The van der Waals surface area contributed by atoms with Gasteiger partial charge in [-0.2, -0.15) is 0 Å². The van der Waals surface area contributed by atoms with Gasteiger partial charge in [-0.05, 0) is 49.4 Å². The Morgan fingerprint density at radius 1 is 1.17 bits per heavy atom. The predicted octanol–water partition coefficient (Wildman–Crippen LogP) is 3.92. The minimum absolute atomic E-state index is 0.447. The van der Waals surface area contributed by atoms with E-state index in [9.17, 15) is 8.78 Å². The van der Waals surface area contributed by atoms with E-state index < -0.39 is 11.6 Å². The molecule has 1 aromatic rings. The monoisotopic (exact) mass is 255 g/mol. The summed E-state index contributed by atoms with van der Waals surface area (Å²) in [5.41, 5.74) is 0.862. The van der Waals surface area contributed by atoms with E-state index in [1.807, 2.05) is 0 Å². The normalized spacial score (nSPS) is 13.0. The van der Waals surface area contributed by atoms with Gasteiger partial charge in [-0.1, -0.05) is 26.8 Å². The SMILES string of the molecule is CCNC(CCc1ccc(F)c(F)c1)CC(C)C. The molecule has 0 saturated heterocycles. The number of hydrogen-bond acceptors (Lipinski definition) is 1. The first kappa shape index (κ1) is 15.1. The van der Waals surface area contributed by atoms with Crippen molar-refractivity contribution < 1.29 is 8.78 Å². The van der Waals surface area contributed by atoms with Gasteiger partial charge < -0.3 is 5.32 Å². The third kappa shape index (κ3) is 5.13. The van der Waals surface area contributed by atoms with Gasteiger partial charge in [0, 0.05) is 6.04 Å². The van der Waals surface area contributed by atoms with Gasteiger partial charge in [-0.25, -0.2) is 8.78 Å². The first-order chi connectivity index (χ1) is 8.52. The Balaban J connectivity index is 2.52. The second-order valence-electron chi connectivity index (χ2n) is 5.17. The molecule has 0 bridgehead atoms. The zero-order valence-electron chi connectivity index (χ0n) is 11.5. The van der Waals surface area contributed by atoms with E-state index in [-0.39, 0.29) is 0 Å². The van der Waals surface area contributed by atoms with Crippen molar-refractivity contribution in [2.75, 3.05) is 6.54 Å². The molecule has 1 aromatic carbocycles. The third-order valence-corrected chi connectivity index (χ3v) is 3.01. The lowest BCUT2D eigenvalue weighted by atomic mass is 9.97. The Bertz CT molecular complexity index is 364. The van der Waals surface area contributed by atoms with Crippen LogP contribution in [0.25, 0.3) is 0 Å². The van der Waals surface area contributed by atoms with Crippen molar-refractivity contribution in [2.24, 2.45) is 5.92 Å². The van der Waals surface area contributed by atoms with Gasteiger partial charge in [0.1, 0.15) is 0 Å². The molecule has 102 valence electrons. The smallest absolute Gasteiger partial charge is 0.159 e. The highest BCUT2D eigenvalue weighted by molar-refractivity contribution is 5.18. The average Bonchev–Trinajstić information content (AvgIpc) is 2.30. The van der Waals surface area contributed by atoms with Crippen molar-refractivity contribution in [3.8, 4) is 0 Å². The molecule has 0 amide bonds. The van der Waals surface area contributed by atoms with Gasteiger partial charge in [-0.15, -0.1) is 0 Å². The van der Waals surface area contributed by atoms with Gasteiger partial charge in [0.25, 0.3) is 0 Å². The quantitative estimate of drug-likeness (QED) is 0.778. The van der Waals surface area contributed by atoms with Gasteiger partial charge in [0.05, 0.1) is 0 Å². The Hall–Kier alpha value is -0.960. The molecule has 0 saturated carbocycles. The lowest BCUT2D eigenvalue weighted by molar-refractivity contribution is 0.405. The predicted molar refractivity (Wildman–Crippen MR) is 71.6 cm³/mol. The Morgan fingerprint density at radius 3 is 2.44 bits per heavy atom. The Morgan fingerprint density at radius 2 is 1.89 bits per heavy atom. The topological polar surface area (TPSA) is 12.0 Å². The Kier molecular flexibility index (Phi) is 6.27. The summed E-state index contributed by atoms with van der Waals surface area (Å²) in [5, 5.41) is 3.44. The van der Waals surface area contributed by atoms with Crippen LogP contribution in [0.1, 0.15) is 39.2 Å². The standard InChI is InChI=1S/C15H23F2N/c1-4-18-13(9-11(2)3)7-5-12-6-8-14(16)15(17)10-12/h6,8,10-11,13,18H,4-5,7,9H2,1-3H3. The van der Waals surface area contributed by atoms with Crippen LogP contribution < -0.4 is 5.32 Å². The van der Waals surface area contributed by atoms with Crippen molar-refractivity contribution in [2.45, 2.75) is 46.1 Å². The first-order valence-electron chi connectivity index (χ1n) is 6.70. The molecule has 0 aliphatic heterocycles. The molecule has 0 aliphatic carbocycles. The fourth-order valence-electron chi connectivity index (χ4n) is 2.20. The minimum atomic E-state index is -0.774. The van der Waals surface area contributed by atoms with Crippen LogP contribution in [0.5, 0.6) is 0 Å². The first-order valence-corrected chi connectivity index (χ1v) is 6.70. The van der Waals surface area contributed by atoms with Crippen molar-refractivity contribution >= 4 is 0 Å². The zero-order chi connectivity index (χ0) is 13.5. The molecule has 1 nitrogen and oxygen atoms in total. The summed E-state index contributed by atoms with van der Waals surface area (Å²) >= 11 is 0. The van der Waals surface area contributed by atoms with E-state index in [1.54, 1.807) is 6.07 Å². The van der Waals surface area contributed by atoms with Crippen LogP contribution in [0.2, 0.25) is 0 Å². The van der Waals surface area contributed by atoms with Crippen LogP contribution in [0, 0.1) is 17.6 Å². The number of aryl methyl sites for hydroxylation is 1. The number of benzene rings is 1. The van der Waals surface area contributed by atoms with Crippen LogP contribution in [-0.4, -0.2) is 12.6 Å². The molecule has 1 unspecified atom stereocenters. The summed E-state index contributed by atoms with van der Waals surface area (Å²) in [7, 11) is 0. The Labute approximate surface area is 109 Å². The number of nitrogens with one attached hydrogen (secondary N) is 1. The summed E-state index contributed by atoms with van der Waals surface area (Å²) in [6.07, 6.45) is 2.84. The van der Waals surface area contributed by atoms with Crippen LogP contribution in [0.4, 0.5) is 8.78 Å². The largest absolute Gasteiger partial charge is 0.314 e. The third-order valence-electron chi connectivity index (χ3n) is 3.01. The fourth-order valence-corrected chi connectivity index (χ4v) is 2.20. The highest BCUT2D eigenvalue weighted by Gasteiger charge is 2.10. The molecule has 0 aromatic heterocycles. The molecule has 18 heavy (non-hydrogen) atoms. The van der Waals surface area contributed by atoms with E-state index in [4.69, 9.17) is 0 Å². The summed E-state index contributed by atoms with van der Waals surface area (Å²) in [5.74, 6) is -0.889. The molecular formula is C15H23F2N. The fraction of sp³-hybridized carbons (Fsp3) is 0.600. The van der Waals surface area contributed by atoms with Gasteiger partial charge in [0.15, 0.2) is 11.6 Å². The number of halogens is 2. The summed E-state index contributed by atoms with van der Waals surface area (Å²) in [6.45, 7) is 7.42. The highest BCUT2D eigenvalue weighted by atomic mass is 19.2. The molecule has 1 atom stereocenters. The van der Waals surface area contributed by atoms with Crippen molar-refractivity contribution in [3.63, 3.8) is 0 Å². The molecule has 0 heterocycles. The molecule has 0 fully saturated rings. The molecule has 1 rings (SSSR count). The van der Waals surface area contributed by atoms with Crippen molar-refractivity contribution in [3.05, 3.63) is 35.4 Å². The zero-order valence-corrected chi connectivity index (χ0v) is 11.5. The molecular weight excluding hydrogens is 232 g/mol. The van der Waals surface area contributed by atoms with E-state index in [2.05, 4.69) is 26.1 Å². The van der Waals surface area contributed by atoms with E-state index in [0.29, 0.717) is 12.0 Å². The van der Waals surface area contributed by atoms with Crippen molar-refractivity contribution in [1.29, 1.82) is 0 Å². The van der Waals surface area contributed by atoms with Crippen molar-refractivity contribution in [1.82, 2.24) is 5.32 Å². The number of hydrogen-bond donors (Lipinski definition) is 1. The molecule has 0 spiro atoms. The van der Waals surface area contributed by atoms with E-state index in [1.165, 1.54) is 12.1 Å². The lowest BCUT2D eigenvalue weighted by Crippen LogP contribution is -2.30. The van der Waals surface area contributed by atoms with Gasteiger partial charge in [0.2, 0.25) is 0 Å². The second kappa shape index (κ2) is 7.47. The van der Waals surface area contributed by atoms with E-state index >= 15 is 0 Å². The van der Waals surface area contributed by atoms with E-state index in [0.717, 1.165) is 31.4 Å². The molecule has 0 aliphatic rings. The average molecular weight is 255 g/mol. The summed E-state index contributed by atoms with van der Waals surface area (Å²) < 4.78 is 25.9. The van der Waals surface area contributed by atoms with Crippen LogP contribution in [-0.2, 0) is 6.42 Å². The maximum atomic E-state index is 13.1. The molecule has 1 N–H and O–H groups in total. The van der Waals surface area contributed by atoms with Gasteiger partial charge in [-0.3, -0.25) is 0 Å². The second-order valence-corrected chi connectivity index (χ2v) is 5.17. The minimum Gasteiger partial charge on any atom is -0.314 e. The molecule has 0 radical (unpaired) electrons. The van der Waals surface area contributed by atoms with Gasteiger partial charge >= 0.3 is 0 Å². The molecule has 3 heteroatoms. The van der Waals surface area contributed by atoms with Crippen LogP contribution in [0.15, 0.2) is 18.2 Å². The summed E-state index contributed by atoms with van der Waals surface area (Å²) in [6, 6.07) is 4.61. The lowest BCUT2D eigenvalue weighted by Gasteiger charge is -2.19. The number of rotatable bonds is 7. The maximum absolute atomic E-state index is 13.1. The summed E-state index contributed by atoms with van der Waals surface area (Å²) in [4.78, 5) is 0.